The van der Waals surface area contributed by atoms with Crippen LogP contribution in [0.25, 0.3) is 0 Å². The molecule has 5 heteroatoms. The van der Waals surface area contributed by atoms with Gasteiger partial charge >= 0.3 is 5.97 Å². The van der Waals surface area contributed by atoms with Crippen molar-refractivity contribution in [2.45, 2.75) is 90.6 Å². The SMILES string of the molecule is CCCCCCCCCCCC(CC1=CC(=O)C=C(OC)C1=O)OC(C)=O. The fraction of sp³-hybridized carbons (Fsp3) is 0.682. The van der Waals surface area contributed by atoms with Crippen molar-refractivity contribution in [3.63, 3.8) is 0 Å². The molecule has 0 aromatic rings. The molecule has 5 nitrogen and oxygen atoms in total. The van der Waals surface area contributed by atoms with E-state index in [0.29, 0.717) is 12.0 Å². The third kappa shape index (κ3) is 9.55. The largest absolute Gasteiger partial charge is 0.493 e. The highest BCUT2D eigenvalue weighted by molar-refractivity contribution is 6.19. The van der Waals surface area contributed by atoms with E-state index >= 15 is 0 Å². The van der Waals surface area contributed by atoms with Crippen molar-refractivity contribution in [2.75, 3.05) is 7.11 Å². The first-order chi connectivity index (χ1) is 13.0. The Morgan fingerprint density at radius 2 is 1.56 bits per heavy atom. The zero-order chi connectivity index (χ0) is 20.1. The maximum Gasteiger partial charge on any atom is 0.302 e. The molecule has 0 fully saturated rings. The van der Waals surface area contributed by atoms with Crippen molar-refractivity contribution in [3.05, 3.63) is 23.5 Å². The Labute approximate surface area is 163 Å². The van der Waals surface area contributed by atoms with E-state index in [1.807, 2.05) is 0 Å². The first-order valence-corrected chi connectivity index (χ1v) is 10.2. The lowest BCUT2D eigenvalue weighted by atomic mass is 9.94. The Morgan fingerprint density at radius 3 is 2.11 bits per heavy atom. The molecule has 0 bridgehead atoms. The molecular formula is C22H34O5. The number of ketones is 2. The summed E-state index contributed by atoms with van der Waals surface area (Å²) in [6, 6.07) is 0. The molecule has 0 radical (unpaired) electrons. The molecule has 27 heavy (non-hydrogen) atoms. The Bertz CT molecular complexity index is 559. The Kier molecular flexibility index (Phi) is 11.4. The third-order valence-electron chi connectivity index (χ3n) is 4.74. The molecule has 1 atom stereocenters. The van der Waals surface area contributed by atoms with Gasteiger partial charge in [0.15, 0.2) is 11.5 Å². The highest BCUT2D eigenvalue weighted by atomic mass is 16.5. The molecular weight excluding hydrogens is 344 g/mol. The number of Topliss-reactive ketones (excluding diaryl/α,β-unsaturated/α-hetero) is 1. The van der Waals surface area contributed by atoms with E-state index in [1.165, 1.54) is 71.1 Å². The van der Waals surface area contributed by atoms with E-state index in [1.54, 1.807) is 0 Å². The van der Waals surface area contributed by atoms with E-state index in [2.05, 4.69) is 6.92 Å². The zero-order valence-corrected chi connectivity index (χ0v) is 17.1. The van der Waals surface area contributed by atoms with Crippen molar-refractivity contribution >= 4 is 17.5 Å². The van der Waals surface area contributed by atoms with Crippen molar-refractivity contribution in [3.8, 4) is 0 Å². The number of esters is 1. The summed E-state index contributed by atoms with van der Waals surface area (Å²) in [7, 11) is 1.37. The van der Waals surface area contributed by atoms with Crippen LogP contribution in [0.3, 0.4) is 0 Å². The van der Waals surface area contributed by atoms with Crippen molar-refractivity contribution < 1.29 is 23.9 Å². The van der Waals surface area contributed by atoms with Gasteiger partial charge < -0.3 is 9.47 Å². The molecule has 1 rings (SSSR count). The number of carbonyl (C=O) groups is 3. The monoisotopic (exact) mass is 378 g/mol. The van der Waals surface area contributed by atoms with Crippen LogP contribution in [0, 0.1) is 0 Å². The van der Waals surface area contributed by atoms with Crippen LogP contribution in [0.5, 0.6) is 0 Å². The summed E-state index contributed by atoms with van der Waals surface area (Å²) >= 11 is 0. The maximum absolute atomic E-state index is 12.3. The van der Waals surface area contributed by atoms with Gasteiger partial charge in [0.25, 0.3) is 0 Å². The normalized spacial score (nSPS) is 15.2. The minimum atomic E-state index is -0.383. The van der Waals surface area contributed by atoms with Crippen LogP contribution < -0.4 is 0 Å². The second-order valence-electron chi connectivity index (χ2n) is 7.17. The van der Waals surface area contributed by atoms with Gasteiger partial charge in [0.2, 0.25) is 5.78 Å². The van der Waals surface area contributed by atoms with Gasteiger partial charge in [0.05, 0.1) is 7.11 Å². The Hall–Kier alpha value is -1.91. The number of allylic oxidation sites excluding steroid dienone is 3. The van der Waals surface area contributed by atoms with Gasteiger partial charge in [-0.25, -0.2) is 0 Å². The fourth-order valence-corrected chi connectivity index (χ4v) is 3.30. The van der Waals surface area contributed by atoms with Crippen molar-refractivity contribution in [1.82, 2.24) is 0 Å². The van der Waals surface area contributed by atoms with E-state index < -0.39 is 0 Å². The fourth-order valence-electron chi connectivity index (χ4n) is 3.30. The van der Waals surface area contributed by atoms with E-state index in [0.717, 1.165) is 12.8 Å². The smallest absolute Gasteiger partial charge is 0.302 e. The summed E-state index contributed by atoms with van der Waals surface area (Å²) in [5.74, 6) is -0.900. The predicted octanol–water partition coefficient (Wildman–Crippen LogP) is 4.84. The van der Waals surface area contributed by atoms with Crippen molar-refractivity contribution in [2.24, 2.45) is 0 Å². The Balaban J connectivity index is 2.40. The molecule has 152 valence electrons. The number of carbonyl (C=O) groups excluding carboxylic acids is 3. The topological polar surface area (TPSA) is 69.7 Å². The number of unbranched alkanes of at least 4 members (excludes halogenated alkanes) is 8. The van der Waals surface area contributed by atoms with Crippen LogP contribution in [-0.4, -0.2) is 30.7 Å². The van der Waals surface area contributed by atoms with E-state index in [4.69, 9.17) is 9.47 Å². The molecule has 0 heterocycles. The van der Waals surface area contributed by atoms with Crippen LogP contribution in [0.4, 0.5) is 0 Å². The van der Waals surface area contributed by atoms with Crippen LogP contribution in [0.15, 0.2) is 23.5 Å². The first kappa shape index (κ1) is 23.1. The summed E-state index contributed by atoms with van der Waals surface area (Å²) < 4.78 is 10.3. The standard InChI is InChI=1S/C22H34O5/c1-4-5-6-7-8-9-10-11-12-13-20(27-17(2)23)15-18-14-19(24)16-21(26-3)22(18)25/h14,16,20H,4-13,15H2,1-3H3. The lowest BCUT2D eigenvalue weighted by Crippen LogP contribution is -2.23. The van der Waals surface area contributed by atoms with Crippen molar-refractivity contribution in [1.29, 1.82) is 0 Å². The molecule has 1 aliphatic rings. The molecule has 1 unspecified atom stereocenters. The van der Waals surface area contributed by atoms with Gasteiger partial charge in [0.1, 0.15) is 6.10 Å². The number of hydrogen-bond acceptors (Lipinski definition) is 5. The maximum atomic E-state index is 12.3. The molecule has 0 aliphatic heterocycles. The van der Waals surface area contributed by atoms with Gasteiger partial charge in [-0.05, 0) is 18.9 Å². The average Bonchev–Trinajstić information content (AvgIpc) is 2.62. The van der Waals surface area contributed by atoms with Crippen LogP contribution >= 0.6 is 0 Å². The molecule has 1 aliphatic carbocycles. The number of ether oxygens (including phenoxy) is 2. The van der Waals surface area contributed by atoms with E-state index in [-0.39, 0.29) is 35.8 Å². The molecule has 0 amide bonds. The summed E-state index contributed by atoms with van der Waals surface area (Å²) in [6.45, 7) is 3.59. The van der Waals surface area contributed by atoms with E-state index in [9.17, 15) is 14.4 Å². The molecule has 0 N–H and O–H groups in total. The summed E-state index contributed by atoms with van der Waals surface area (Å²) in [4.78, 5) is 35.4. The highest BCUT2D eigenvalue weighted by Crippen LogP contribution is 2.22. The zero-order valence-electron chi connectivity index (χ0n) is 17.1. The summed E-state index contributed by atoms with van der Waals surface area (Å²) in [5, 5.41) is 0. The summed E-state index contributed by atoms with van der Waals surface area (Å²) in [5.41, 5.74) is 0.349. The minimum Gasteiger partial charge on any atom is -0.493 e. The van der Waals surface area contributed by atoms with Crippen LogP contribution in [-0.2, 0) is 23.9 Å². The third-order valence-corrected chi connectivity index (χ3v) is 4.74. The van der Waals surface area contributed by atoms with Crippen LogP contribution in [0.1, 0.15) is 84.5 Å². The number of hydrogen-bond donors (Lipinski definition) is 0. The van der Waals surface area contributed by atoms with Crippen LogP contribution in [0.2, 0.25) is 0 Å². The molecule has 0 saturated heterocycles. The summed E-state index contributed by atoms with van der Waals surface area (Å²) in [6.07, 6.45) is 14.0. The molecule has 0 aromatic carbocycles. The quantitative estimate of drug-likeness (QED) is 0.246. The lowest BCUT2D eigenvalue weighted by Gasteiger charge is -2.20. The predicted molar refractivity (Wildman–Crippen MR) is 105 cm³/mol. The lowest BCUT2D eigenvalue weighted by molar-refractivity contribution is -0.146. The molecule has 0 saturated carbocycles. The average molecular weight is 379 g/mol. The van der Waals surface area contributed by atoms with Gasteiger partial charge in [-0.2, -0.15) is 0 Å². The Morgan fingerprint density at radius 1 is 0.963 bits per heavy atom. The second kappa shape index (κ2) is 13.3. The van der Waals surface area contributed by atoms with Gasteiger partial charge in [0, 0.05) is 25.0 Å². The first-order valence-electron chi connectivity index (χ1n) is 10.2. The molecule has 0 spiro atoms. The second-order valence-corrected chi connectivity index (χ2v) is 7.17. The number of methoxy groups -OCH3 is 1. The number of rotatable bonds is 14. The highest BCUT2D eigenvalue weighted by Gasteiger charge is 2.26. The van der Waals surface area contributed by atoms with Gasteiger partial charge in [-0.3, -0.25) is 14.4 Å². The minimum absolute atomic E-state index is 0.0437. The van der Waals surface area contributed by atoms with Gasteiger partial charge in [-0.15, -0.1) is 0 Å². The van der Waals surface area contributed by atoms with Gasteiger partial charge in [-0.1, -0.05) is 58.3 Å². The molecule has 0 aromatic heterocycles.